The van der Waals surface area contributed by atoms with Crippen molar-refractivity contribution in [2.24, 2.45) is 10.9 Å². The van der Waals surface area contributed by atoms with Gasteiger partial charge in [0.2, 0.25) is 0 Å². The third-order valence-corrected chi connectivity index (χ3v) is 4.41. The number of fused-ring (bicyclic) bond motifs is 1. The zero-order chi connectivity index (χ0) is 19.1. The van der Waals surface area contributed by atoms with Gasteiger partial charge in [-0.05, 0) is 41.5 Å². The van der Waals surface area contributed by atoms with E-state index in [1.807, 2.05) is 45.0 Å². The molecule has 0 saturated heterocycles. The molecule has 2 unspecified atom stereocenters. The molecular formula is C23H26N2O. The van der Waals surface area contributed by atoms with Crippen LogP contribution in [0.4, 0.5) is 0 Å². The van der Waals surface area contributed by atoms with Crippen LogP contribution in [0, 0.1) is 17.2 Å². The molecule has 0 spiro atoms. The molecule has 0 aromatic heterocycles. The third-order valence-electron chi connectivity index (χ3n) is 4.41. The van der Waals surface area contributed by atoms with E-state index in [2.05, 4.69) is 43.4 Å². The summed E-state index contributed by atoms with van der Waals surface area (Å²) in [6.07, 6.45) is 8.42. The molecule has 0 N–H and O–H groups in total. The molecule has 0 saturated carbocycles. The Balaban J connectivity index is 0.00000117. The predicted molar refractivity (Wildman–Crippen MR) is 110 cm³/mol. The number of benzene rings is 2. The summed E-state index contributed by atoms with van der Waals surface area (Å²) in [4.78, 5) is 4.86. The second kappa shape index (κ2) is 9.01. The van der Waals surface area contributed by atoms with E-state index < -0.39 is 0 Å². The molecule has 1 aliphatic rings. The molecule has 0 amide bonds. The fraction of sp³-hybridized carbons (Fsp3) is 0.304. The van der Waals surface area contributed by atoms with E-state index in [0.29, 0.717) is 17.2 Å². The quantitative estimate of drug-likeness (QED) is 0.671. The Hall–Kier alpha value is -2.86. The highest BCUT2D eigenvalue weighted by molar-refractivity contribution is 6.02. The standard InChI is InChI=1S/C21H20N2O.C2H6/c1-14-6-4-5-7-20(14)23-15(2)16-8-9-17-12-21(24-3)19(13-22)11-18(17)10-16;1-2/h4-12,14,20H,1-3H3;1-2H3. The van der Waals surface area contributed by atoms with Crippen molar-refractivity contribution < 1.29 is 4.74 Å². The minimum absolute atomic E-state index is 0.177. The number of nitriles is 1. The summed E-state index contributed by atoms with van der Waals surface area (Å²) in [7, 11) is 1.58. The maximum Gasteiger partial charge on any atom is 0.137 e. The third kappa shape index (κ3) is 4.21. The minimum atomic E-state index is 0.177. The lowest BCUT2D eigenvalue weighted by Crippen LogP contribution is -2.15. The van der Waals surface area contributed by atoms with E-state index in [1.165, 1.54) is 0 Å². The van der Waals surface area contributed by atoms with Crippen molar-refractivity contribution in [1.29, 1.82) is 5.26 Å². The molecule has 0 radical (unpaired) electrons. The maximum absolute atomic E-state index is 9.27. The van der Waals surface area contributed by atoms with Crippen LogP contribution in [0.15, 0.2) is 59.6 Å². The summed E-state index contributed by atoms with van der Waals surface area (Å²) in [5.74, 6) is 1.01. The van der Waals surface area contributed by atoms with E-state index in [-0.39, 0.29) is 6.04 Å². The summed E-state index contributed by atoms with van der Waals surface area (Å²) in [6, 6.07) is 12.3. The van der Waals surface area contributed by atoms with E-state index in [0.717, 1.165) is 22.0 Å². The summed E-state index contributed by atoms with van der Waals surface area (Å²) < 4.78 is 5.27. The topological polar surface area (TPSA) is 45.4 Å². The van der Waals surface area contributed by atoms with Crippen LogP contribution in [0.5, 0.6) is 5.75 Å². The maximum atomic E-state index is 9.27. The van der Waals surface area contributed by atoms with Crippen LogP contribution in [0.1, 0.15) is 38.8 Å². The van der Waals surface area contributed by atoms with Crippen LogP contribution in [0.3, 0.4) is 0 Å². The predicted octanol–water partition coefficient (Wildman–Crippen LogP) is 5.69. The largest absolute Gasteiger partial charge is 0.495 e. The van der Waals surface area contributed by atoms with Crippen molar-refractivity contribution >= 4 is 16.5 Å². The Kier molecular flexibility index (Phi) is 6.74. The minimum Gasteiger partial charge on any atom is -0.495 e. The molecule has 2 atom stereocenters. The van der Waals surface area contributed by atoms with E-state index in [4.69, 9.17) is 9.73 Å². The Labute approximate surface area is 156 Å². The molecule has 134 valence electrons. The fourth-order valence-corrected chi connectivity index (χ4v) is 2.92. The Bertz CT molecular complexity index is 900. The number of ether oxygens (including phenoxy) is 1. The molecule has 26 heavy (non-hydrogen) atoms. The molecule has 3 nitrogen and oxygen atoms in total. The lowest BCUT2D eigenvalue weighted by molar-refractivity contribution is 0.414. The number of nitrogens with zero attached hydrogens (tertiary/aromatic N) is 2. The first kappa shape index (κ1) is 19.5. The van der Waals surface area contributed by atoms with Gasteiger partial charge < -0.3 is 4.74 Å². The van der Waals surface area contributed by atoms with Gasteiger partial charge in [-0.25, -0.2) is 0 Å². The van der Waals surface area contributed by atoms with Gasteiger partial charge in [-0.2, -0.15) is 5.26 Å². The molecule has 0 fully saturated rings. The van der Waals surface area contributed by atoms with Crippen molar-refractivity contribution in [3.8, 4) is 11.8 Å². The number of allylic oxidation sites excluding steroid dienone is 2. The molecule has 0 heterocycles. The van der Waals surface area contributed by atoms with Gasteiger partial charge in [0.15, 0.2) is 0 Å². The van der Waals surface area contributed by atoms with Crippen molar-refractivity contribution in [3.63, 3.8) is 0 Å². The Morgan fingerprint density at radius 2 is 1.81 bits per heavy atom. The van der Waals surface area contributed by atoms with Crippen LogP contribution in [0.25, 0.3) is 10.8 Å². The number of methoxy groups -OCH3 is 1. The van der Waals surface area contributed by atoms with Crippen LogP contribution in [-0.4, -0.2) is 18.9 Å². The van der Waals surface area contributed by atoms with E-state index in [1.54, 1.807) is 7.11 Å². The lowest BCUT2D eigenvalue weighted by atomic mass is 9.97. The van der Waals surface area contributed by atoms with Gasteiger partial charge >= 0.3 is 0 Å². The van der Waals surface area contributed by atoms with Gasteiger partial charge in [0.05, 0.1) is 18.7 Å². The van der Waals surface area contributed by atoms with Gasteiger partial charge in [-0.3, -0.25) is 4.99 Å². The highest BCUT2D eigenvalue weighted by Gasteiger charge is 2.13. The van der Waals surface area contributed by atoms with Gasteiger partial charge in [0, 0.05) is 11.6 Å². The molecule has 2 aromatic carbocycles. The zero-order valence-corrected chi connectivity index (χ0v) is 16.2. The molecule has 0 aliphatic heterocycles. The molecule has 3 heteroatoms. The van der Waals surface area contributed by atoms with Gasteiger partial charge in [-0.1, -0.05) is 57.2 Å². The lowest BCUT2D eigenvalue weighted by Gasteiger charge is -2.17. The monoisotopic (exact) mass is 346 g/mol. The van der Waals surface area contributed by atoms with Crippen molar-refractivity contribution in [2.75, 3.05) is 7.11 Å². The Morgan fingerprint density at radius 1 is 1.08 bits per heavy atom. The molecule has 3 rings (SSSR count). The van der Waals surface area contributed by atoms with Crippen LogP contribution >= 0.6 is 0 Å². The van der Waals surface area contributed by atoms with E-state index >= 15 is 0 Å². The molecule has 1 aliphatic carbocycles. The normalized spacial score (nSPS) is 18.8. The number of hydrogen-bond donors (Lipinski definition) is 0. The second-order valence-corrected chi connectivity index (χ2v) is 6.06. The number of hydrogen-bond acceptors (Lipinski definition) is 3. The van der Waals surface area contributed by atoms with Crippen LogP contribution in [0.2, 0.25) is 0 Å². The van der Waals surface area contributed by atoms with Crippen LogP contribution in [-0.2, 0) is 0 Å². The average Bonchev–Trinajstić information content (AvgIpc) is 2.69. The SMILES string of the molecule is CC.COc1cc2ccc(C(C)=NC3C=CC=CC3C)cc2cc1C#N. The molecule has 0 bridgehead atoms. The van der Waals surface area contributed by atoms with Crippen LogP contribution < -0.4 is 4.74 Å². The summed E-state index contributed by atoms with van der Waals surface area (Å²) in [6.45, 7) is 8.21. The summed E-state index contributed by atoms with van der Waals surface area (Å²) in [5.41, 5.74) is 2.63. The highest BCUT2D eigenvalue weighted by Crippen LogP contribution is 2.26. The first-order valence-corrected chi connectivity index (χ1v) is 9.04. The van der Waals surface area contributed by atoms with Gasteiger partial charge in [0.1, 0.15) is 11.8 Å². The van der Waals surface area contributed by atoms with Gasteiger partial charge in [-0.15, -0.1) is 0 Å². The first-order chi connectivity index (χ1) is 12.6. The van der Waals surface area contributed by atoms with Crippen molar-refractivity contribution in [2.45, 2.75) is 33.7 Å². The van der Waals surface area contributed by atoms with Crippen molar-refractivity contribution in [3.05, 3.63) is 65.8 Å². The number of aliphatic imine (C=N–C) groups is 1. The van der Waals surface area contributed by atoms with Crippen molar-refractivity contribution in [1.82, 2.24) is 0 Å². The van der Waals surface area contributed by atoms with Gasteiger partial charge in [0.25, 0.3) is 0 Å². The Morgan fingerprint density at radius 3 is 2.46 bits per heavy atom. The fourth-order valence-electron chi connectivity index (χ4n) is 2.92. The molecule has 2 aromatic rings. The summed E-state index contributed by atoms with van der Waals surface area (Å²) in [5, 5.41) is 11.3. The van der Waals surface area contributed by atoms with E-state index in [9.17, 15) is 5.26 Å². The first-order valence-electron chi connectivity index (χ1n) is 9.04. The average molecular weight is 346 g/mol. The highest BCUT2D eigenvalue weighted by atomic mass is 16.5. The smallest absolute Gasteiger partial charge is 0.137 e. The molecular weight excluding hydrogens is 320 g/mol. The zero-order valence-electron chi connectivity index (χ0n) is 16.2. The number of rotatable bonds is 3. The summed E-state index contributed by atoms with van der Waals surface area (Å²) >= 11 is 0. The second-order valence-electron chi connectivity index (χ2n) is 6.06.